The molecule has 0 bridgehead atoms. The van der Waals surface area contributed by atoms with E-state index in [4.69, 9.17) is 9.47 Å². The first-order valence-electron chi connectivity index (χ1n) is 3.44. The van der Waals surface area contributed by atoms with E-state index in [9.17, 15) is 4.79 Å². The molecule has 0 unspecified atom stereocenters. The molecular weight excluding hydrogens is 158 g/mol. The number of hydrogen-bond donors (Lipinski definition) is 0. The molecule has 0 fully saturated rings. The summed E-state index contributed by atoms with van der Waals surface area (Å²) >= 11 is 0. The molecule has 0 saturated heterocycles. The lowest BCUT2D eigenvalue weighted by atomic mass is 10.4. The highest BCUT2D eigenvalue weighted by Crippen LogP contribution is 2.21. The highest BCUT2D eigenvalue weighted by atomic mass is 16.5. The summed E-state index contributed by atoms with van der Waals surface area (Å²) in [5.41, 5.74) is 0. The number of carbonyl (C=O) groups excluding carboxylic acids is 1. The molecule has 0 aliphatic carbocycles. The van der Waals surface area contributed by atoms with Gasteiger partial charge in [0.2, 0.25) is 0 Å². The third-order valence-corrected chi connectivity index (χ3v) is 1.24. The molecule has 64 valence electrons. The number of aromatic nitrogens is 1. The summed E-state index contributed by atoms with van der Waals surface area (Å²) in [4.78, 5) is 13.9. The molecule has 0 atom stereocenters. The molecule has 4 nitrogen and oxygen atoms in total. The van der Waals surface area contributed by atoms with Gasteiger partial charge in [-0.25, -0.2) is 4.98 Å². The molecule has 12 heavy (non-hydrogen) atoms. The molecule has 0 aromatic carbocycles. The first kappa shape index (κ1) is 8.52. The second-order valence-corrected chi connectivity index (χ2v) is 1.99. The minimum atomic E-state index is -0.00657. The predicted molar refractivity (Wildman–Crippen MR) is 42.3 cm³/mol. The molecule has 0 radical (unpaired) electrons. The van der Waals surface area contributed by atoms with Crippen LogP contribution in [0.5, 0.6) is 11.6 Å². The zero-order valence-corrected chi connectivity index (χ0v) is 6.69. The van der Waals surface area contributed by atoms with E-state index < -0.39 is 0 Å². The van der Waals surface area contributed by atoms with Crippen LogP contribution in [0.1, 0.15) is 0 Å². The Morgan fingerprint density at radius 1 is 1.67 bits per heavy atom. The van der Waals surface area contributed by atoms with Crippen LogP contribution in [0.25, 0.3) is 0 Å². The molecule has 0 spiro atoms. The van der Waals surface area contributed by atoms with Crippen molar-refractivity contribution >= 4 is 6.29 Å². The highest BCUT2D eigenvalue weighted by Gasteiger charge is 2.02. The largest absolute Gasteiger partial charge is 0.491 e. The molecule has 1 aromatic heterocycles. The molecule has 0 aliphatic heterocycles. The van der Waals surface area contributed by atoms with Gasteiger partial charge in [0.1, 0.15) is 6.61 Å². The fourth-order valence-electron chi connectivity index (χ4n) is 0.753. The Bertz CT molecular complexity index is 262. The molecule has 0 aliphatic rings. The van der Waals surface area contributed by atoms with E-state index in [2.05, 4.69) is 4.98 Å². The first-order valence-corrected chi connectivity index (χ1v) is 3.44. The number of rotatable bonds is 4. The van der Waals surface area contributed by atoms with Crippen LogP contribution in [0.15, 0.2) is 18.3 Å². The first-order chi connectivity index (χ1) is 5.88. The van der Waals surface area contributed by atoms with Crippen LogP contribution in [-0.2, 0) is 4.79 Å². The number of carbonyl (C=O) groups is 1. The van der Waals surface area contributed by atoms with Gasteiger partial charge in [-0.2, -0.15) is 0 Å². The smallest absolute Gasteiger partial charge is 0.257 e. The van der Waals surface area contributed by atoms with Crippen molar-refractivity contribution in [3.63, 3.8) is 0 Å². The zero-order chi connectivity index (χ0) is 8.81. The Labute approximate surface area is 70.1 Å². The monoisotopic (exact) mass is 167 g/mol. The van der Waals surface area contributed by atoms with Crippen molar-refractivity contribution in [3.05, 3.63) is 18.3 Å². The van der Waals surface area contributed by atoms with Crippen LogP contribution < -0.4 is 9.47 Å². The molecule has 0 amide bonds. The summed E-state index contributed by atoms with van der Waals surface area (Å²) in [5, 5.41) is 0. The van der Waals surface area contributed by atoms with Gasteiger partial charge in [0.15, 0.2) is 12.0 Å². The minimum absolute atomic E-state index is 0.00657. The van der Waals surface area contributed by atoms with Crippen molar-refractivity contribution in [2.24, 2.45) is 0 Å². The van der Waals surface area contributed by atoms with Crippen molar-refractivity contribution < 1.29 is 14.3 Å². The summed E-state index contributed by atoms with van der Waals surface area (Å²) < 4.78 is 9.91. The standard InChI is InChI=1S/C8H9NO3/c1-11-7-3-2-4-9-8(7)12-6-5-10/h2-5H,6H2,1H3. The molecular formula is C8H9NO3. The maximum absolute atomic E-state index is 9.98. The quantitative estimate of drug-likeness (QED) is 0.618. The summed E-state index contributed by atoms with van der Waals surface area (Å²) in [7, 11) is 1.52. The van der Waals surface area contributed by atoms with Crippen molar-refractivity contribution in [3.8, 4) is 11.6 Å². The lowest BCUT2D eigenvalue weighted by Gasteiger charge is -2.05. The Morgan fingerprint density at radius 2 is 2.50 bits per heavy atom. The number of pyridine rings is 1. The van der Waals surface area contributed by atoms with Crippen molar-refractivity contribution in [2.75, 3.05) is 13.7 Å². The number of hydrogen-bond acceptors (Lipinski definition) is 4. The van der Waals surface area contributed by atoms with E-state index in [1.165, 1.54) is 7.11 Å². The molecule has 0 N–H and O–H groups in total. The Morgan fingerprint density at radius 3 is 3.17 bits per heavy atom. The average Bonchev–Trinajstić information content (AvgIpc) is 2.15. The van der Waals surface area contributed by atoms with E-state index >= 15 is 0 Å². The second-order valence-electron chi connectivity index (χ2n) is 1.99. The van der Waals surface area contributed by atoms with Crippen molar-refractivity contribution in [2.45, 2.75) is 0 Å². The third kappa shape index (κ3) is 1.95. The van der Waals surface area contributed by atoms with E-state index in [0.717, 1.165) is 0 Å². The fourth-order valence-corrected chi connectivity index (χ4v) is 0.753. The van der Waals surface area contributed by atoms with Crippen molar-refractivity contribution in [1.29, 1.82) is 0 Å². The van der Waals surface area contributed by atoms with Crippen molar-refractivity contribution in [1.82, 2.24) is 4.98 Å². The van der Waals surface area contributed by atoms with Gasteiger partial charge in [-0.05, 0) is 12.1 Å². The highest BCUT2D eigenvalue weighted by molar-refractivity contribution is 5.51. The normalized spacial score (nSPS) is 9.08. The lowest BCUT2D eigenvalue weighted by Crippen LogP contribution is -2.01. The topological polar surface area (TPSA) is 48.4 Å². The van der Waals surface area contributed by atoms with Crippen LogP contribution >= 0.6 is 0 Å². The van der Waals surface area contributed by atoms with E-state index in [1.54, 1.807) is 18.3 Å². The third-order valence-electron chi connectivity index (χ3n) is 1.24. The summed E-state index contributed by atoms with van der Waals surface area (Å²) in [6, 6.07) is 3.44. The molecule has 1 rings (SSSR count). The van der Waals surface area contributed by atoms with Gasteiger partial charge in [0.25, 0.3) is 5.88 Å². The zero-order valence-electron chi connectivity index (χ0n) is 6.69. The Hall–Kier alpha value is -1.58. The van der Waals surface area contributed by atoms with Gasteiger partial charge < -0.3 is 9.47 Å². The number of nitrogens with zero attached hydrogens (tertiary/aromatic N) is 1. The second kappa shape index (κ2) is 4.33. The van der Waals surface area contributed by atoms with Crippen LogP contribution in [0.2, 0.25) is 0 Å². The van der Waals surface area contributed by atoms with Crippen LogP contribution in [-0.4, -0.2) is 25.0 Å². The predicted octanol–water partition coefficient (Wildman–Crippen LogP) is 0.668. The van der Waals surface area contributed by atoms with E-state index in [1.807, 2.05) is 0 Å². The van der Waals surface area contributed by atoms with Crippen LogP contribution in [0, 0.1) is 0 Å². The molecule has 1 heterocycles. The minimum Gasteiger partial charge on any atom is -0.491 e. The lowest BCUT2D eigenvalue weighted by molar-refractivity contribution is -0.109. The Kier molecular flexibility index (Phi) is 3.07. The van der Waals surface area contributed by atoms with E-state index in [-0.39, 0.29) is 6.61 Å². The maximum Gasteiger partial charge on any atom is 0.257 e. The van der Waals surface area contributed by atoms with Gasteiger partial charge in [-0.15, -0.1) is 0 Å². The van der Waals surface area contributed by atoms with Crippen LogP contribution in [0.4, 0.5) is 0 Å². The molecule has 0 saturated carbocycles. The summed E-state index contributed by atoms with van der Waals surface area (Å²) in [6.45, 7) is -0.00657. The van der Waals surface area contributed by atoms with Gasteiger partial charge in [0, 0.05) is 6.20 Å². The maximum atomic E-state index is 9.98. The number of ether oxygens (including phenoxy) is 2. The summed E-state index contributed by atoms with van der Waals surface area (Å²) in [6.07, 6.45) is 2.23. The molecule has 4 heteroatoms. The van der Waals surface area contributed by atoms with Crippen LogP contribution in [0.3, 0.4) is 0 Å². The number of methoxy groups -OCH3 is 1. The van der Waals surface area contributed by atoms with Gasteiger partial charge >= 0.3 is 0 Å². The SMILES string of the molecule is COc1cccnc1OCC=O. The van der Waals surface area contributed by atoms with Gasteiger partial charge in [-0.3, -0.25) is 4.79 Å². The van der Waals surface area contributed by atoms with E-state index in [0.29, 0.717) is 17.9 Å². The fraction of sp³-hybridized carbons (Fsp3) is 0.250. The summed E-state index contributed by atoms with van der Waals surface area (Å²) in [5.74, 6) is 0.867. The molecule has 1 aromatic rings. The number of aldehydes is 1. The average molecular weight is 167 g/mol. The Balaban J connectivity index is 2.74. The van der Waals surface area contributed by atoms with Gasteiger partial charge in [0.05, 0.1) is 7.11 Å². The van der Waals surface area contributed by atoms with Gasteiger partial charge in [-0.1, -0.05) is 0 Å².